The van der Waals surface area contributed by atoms with Crippen molar-refractivity contribution in [1.29, 1.82) is 0 Å². The molecule has 2 aromatic rings. The minimum Gasteiger partial charge on any atom is -0.477 e. The molecule has 3 atom stereocenters. The van der Waals surface area contributed by atoms with Crippen LogP contribution < -0.4 is 15.6 Å². The van der Waals surface area contributed by atoms with Gasteiger partial charge >= 0.3 is 5.97 Å². The Morgan fingerprint density at radius 2 is 2.11 bits per heavy atom. The van der Waals surface area contributed by atoms with E-state index in [1.807, 2.05) is 6.92 Å². The van der Waals surface area contributed by atoms with Gasteiger partial charge in [0.25, 0.3) is 0 Å². The molecule has 0 bridgehead atoms. The van der Waals surface area contributed by atoms with Crippen molar-refractivity contribution in [3.8, 4) is 0 Å². The first-order chi connectivity index (χ1) is 12.8. The highest BCUT2D eigenvalue weighted by molar-refractivity contribution is 6.34. The monoisotopic (exact) mass is 391 g/mol. The summed E-state index contributed by atoms with van der Waals surface area (Å²) in [6, 6.07) is 1.69. The van der Waals surface area contributed by atoms with Gasteiger partial charge in [0.15, 0.2) is 0 Å². The summed E-state index contributed by atoms with van der Waals surface area (Å²) in [5.41, 5.74) is 1.10. The molecule has 144 valence electrons. The molecule has 27 heavy (non-hydrogen) atoms. The Bertz CT molecular complexity index is 1000. The molecule has 1 aromatic heterocycles. The van der Waals surface area contributed by atoms with E-state index in [1.165, 1.54) is 6.20 Å². The normalized spacial score (nSPS) is 25.0. The van der Waals surface area contributed by atoms with Gasteiger partial charge in [0, 0.05) is 48.9 Å². The predicted octanol–water partition coefficient (Wildman–Crippen LogP) is 2.15. The maximum atomic E-state index is 12.8. The molecule has 0 saturated carbocycles. The van der Waals surface area contributed by atoms with Crippen LogP contribution in [0.25, 0.3) is 10.9 Å². The SMILES string of the molecule is CC1CN(c2c(Cl)cc3c(=O)c(C(=O)O)cn4c3c2C(O)CC4C)CCN1. The van der Waals surface area contributed by atoms with Crippen molar-refractivity contribution in [3.63, 3.8) is 0 Å². The third-order valence-corrected chi connectivity index (χ3v) is 5.85. The van der Waals surface area contributed by atoms with Gasteiger partial charge in [-0.1, -0.05) is 11.6 Å². The van der Waals surface area contributed by atoms with Crippen LogP contribution in [0.15, 0.2) is 17.1 Å². The second-order valence-corrected chi connectivity index (χ2v) is 7.91. The third kappa shape index (κ3) is 2.81. The largest absolute Gasteiger partial charge is 0.477 e. The van der Waals surface area contributed by atoms with Gasteiger partial charge in [-0.15, -0.1) is 0 Å². The average molecular weight is 392 g/mol. The first kappa shape index (κ1) is 18.3. The summed E-state index contributed by atoms with van der Waals surface area (Å²) in [6.07, 6.45) is 1.06. The molecule has 0 radical (unpaired) electrons. The number of nitrogens with zero attached hydrogens (tertiary/aromatic N) is 2. The van der Waals surface area contributed by atoms with Gasteiger partial charge in [-0.25, -0.2) is 4.79 Å². The number of aliphatic hydroxyl groups excluding tert-OH is 1. The van der Waals surface area contributed by atoms with E-state index in [2.05, 4.69) is 17.1 Å². The molecule has 3 unspecified atom stereocenters. The molecule has 2 aliphatic rings. The van der Waals surface area contributed by atoms with Crippen molar-refractivity contribution in [2.45, 2.75) is 38.5 Å². The van der Waals surface area contributed by atoms with Gasteiger partial charge < -0.3 is 25.0 Å². The molecule has 0 spiro atoms. The predicted molar refractivity (Wildman–Crippen MR) is 104 cm³/mol. The Morgan fingerprint density at radius 1 is 1.37 bits per heavy atom. The lowest BCUT2D eigenvalue weighted by Gasteiger charge is -2.39. The van der Waals surface area contributed by atoms with Crippen LogP contribution in [0.5, 0.6) is 0 Å². The van der Waals surface area contributed by atoms with Gasteiger partial charge in [-0.3, -0.25) is 4.79 Å². The quantitative estimate of drug-likeness (QED) is 0.726. The van der Waals surface area contributed by atoms with Gasteiger partial charge in [0.05, 0.1) is 22.3 Å². The van der Waals surface area contributed by atoms with Gasteiger partial charge in [-0.2, -0.15) is 0 Å². The van der Waals surface area contributed by atoms with Gasteiger partial charge in [0.2, 0.25) is 5.43 Å². The Balaban J connectivity index is 2.07. The number of aromatic carboxylic acids is 1. The summed E-state index contributed by atoms with van der Waals surface area (Å²) in [4.78, 5) is 26.4. The minimum atomic E-state index is -1.26. The standard InChI is InChI=1S/C19H22ClN3O4/c1-9-7-22(4-3-21-9)17-13(20)6-11-16-15(17)14(24)5-10(2)23(16)8-12(18(11)25)19(26)27/h6,8-10,14,21,24H,3-5,7H2,1-2H3,(H,26,27). The van der Waals surface area contributed by atoms with Crippen LogP contribution >= 0.6 is 11.6 Å². The molecule has 2 aliphatic heterocycles. The van der Waals surface area contributed by atoms with Crippen molar-refractivity contribution in [2.75, 3.05) is 24.5 Å². The number of halogens is 1. The second kappa shape index (κ2) is 6.51. The zero-order valence-electron chi connectivity index (χ0n) is 15.2. The first-order valence-corrected chi connectivity index (χ1v) is 9.48. The molecule has 8 heteroatoms. The number of nitrogens with one attached hydrogen (secondary N) is 1. The van der Waals surface area contributed by atoms with Gasteiger partial charge in [0.1, 0.15) is 5.56 Å². The molecular weight excluding hydrogens is 370 g/mol. The topological polar surface area (TPSA) is 94.8 Å². The van der Waals surface area contributed by atoms with Crippen LogP contribution in [0.4, 0.5) is 5.69 Å². The number of hydrogen-bond acceptors (Lipinski definition) is 5. The highest BCUT2D eigenvalue weighted by Gasteiger charge is 2.33. The Kier molecular flexibility index (Phi) is 4.41. The fourth-order valence-electron chi connectivity index (χ4n) is 4.33. The van der Waals surface area contributed by atoms with Crippen LogP contribution in [-0.2, 0) is 0 Å². The van der Waals surface area contributed by atoms with E-state index < -0.39 is 17.5 Å². The molecule has 1 saturated heterocycles. The fraction of sp³-hybridized carbons (Fsp3) is 0.474. The lowest BCUT2D eigenvalue weighted by molar-refractivity contribution is 0.0694. The average Bonchev–Trinajstić information content (AvgIpc) is 2.60. The smallest absolute Gasteiger partial charge is 0.341 e. The number of carboxylic acid groups (broad SMARTS) is 1. The zero-order chi connectivity index (χ0) is 19.5. The van der Waals surface area contributed by atoms with E-state index in [-0.39, 0.29) is 23.0 Å². The number of aliphatic hydroxyl groups is 1. The van der Waals surface area contributed by atoms with Crippen molar-refractivity contribution >= 4 is 34.2 Å². The minimum absolute atomic E-state index is 0.135. The van der Waals surface area contributed by atoms with Crippen LogP contribution in [0.3, 0.4) is 0 Å². The fourth-order valence-corrected chi connectivity index (χ4v) is 4.67. The number of hydrogen-bond donors (Lipinski definition) is 3. The molecule has 3 heterocycles. The maximum Gasteiger partial charge on any atom is 0.341 e. The Labute approximate surface area is 161 Å². The summed E-state index contributed by atoms with van der Waals surface area (Å²) in [5, 5.41) is 24.3. The number of anilines is 1. The number of carbonyl (C=O) groups is 1. The summed E-state index contributed by atoms with van der Waals surface area (Å²) < 4.78 is 1.80. The molecule has 0 aliphatic carbocycles. The van der Waals surface area contributed by atoms with E-state index >= 15 is 0 Å². The third-order valence-electron chi connectivity index (χ3n) is 5.57. The van der Waals surface area contributed by atoms with E-state index in [4.69, 9.17) is 11.6 Å². The highest BCUT2D eigenvalue weighted by atomic mass is 35.5. The lowest BCUT2D eigenvalue weighted by Crippen LogP contribution is -2.49. The molecule has 0 amide bonds. The van der Waals surface area contributed by atoms with Crippen LogP contribution in [0, 0.1) is 0 Å². The van der Waals surface area contributed by atoms with Crippen LogP contribution in [-0.4, -0.2) is 46.4 Å². The summed E-state index contributed by atoms with van der Waals surface area (Å²) in [6.45, 7) is 6.26. The van der Waals surface area contributed by atoms with Crippen LogP contribution in [0.1, 0.15) is 48.3 Å². The Hall–Kier alpha value is -2.09. The van der Waals surface area contributed by atoms with Crippen molar-refractivity contribution < 1.29 is 15.0 Å². The van der Waals surface area contributed by atoms with E-state index in [1.54, 1.807) is 10.6 Å². The Morgan fingerprint density at radius 3 is 2.78 bits per heavy atom. The van der Waals surface area contributed by atoms with Crippen molar-refractivity contribution in [1.82, 2.24) is 9.88 Å². The number of benzene rings is 1. The summed E-state index contributed by atoms with van der Waals surface area (Å²) in [7, 11) is 0. The van der Waals surface area contributed by atoms with E-state index in [0.29, 0.717) is 22.5 Å². The molecule has 1 fully saturated rings. The van der Waals surface area contributed by atoms with Crippen LogP contribution in [0.2, 0.25) is 5.02 Å². The maximum absolute atomic E-state index is 12.8. The number of pyridine rings is 1. The van der Waals surface area contributed by atoms with Crippen molar-refractivity contribution in [3.05, 3.63) is 38.6 Å². The molecule has 7 nitrogen and oxygen atoms in total. The lowest BCUT2D eigenvalue weighted by atomic mass is 9.91. The van der Waals surface area contributed by atoms with Gasteiger partial charge in [-0.05, 0) is 26.3 Å². The zero-order valence-corrected chi connectivity index (χ0v) is 16.0. The highest BCUT2D eigenvalue weighted by Crippen LogP contribution is 2.45. The number of aromatic nitrogens is 1. The van der Waals surface area contributed by atoms with E-state index in [9.17, 15) is 19.8 Å². The second-order valence-electron chi connectivity index (χ2n) is 7.50. The summed E-state index contributed by atoms with van der Waals surface area (Å²) >= 11 is 6.58. The summed E-state index contributed by atoms with van der Waals surface area (Å²) in [5.74, 6) is -1.26. The molecule has 1 aromatic carbocycles. The molecule has 4 rings (SSSR count). The molecule has 3 N–H and O–H groups in total. The van der Waals surface area contributed by atoms with Crippen molar-refractivity contribution in [2.24, 2.45) is 0 Å². The number of piperazine rings is 1. The van der Waals surface area contributed by atoms with E-state index in [0.717, 1.165) is 25.3 Å². The molecular formula is C19H22ClN3O4. The first-order valence-electron chi connectivity index (χ1n) is 9.10. The number of rotatable bonds is 2. The number of carboxylic acids is 1.